The number of likely N-dealkylation sites (tertiary alicyclic amines) is 1. The quantitative estimate of drug-likeness (QED) is 0.842. The van der Waals surface area contributed by atoms with Crippen molar-refractivity contribution in [3.8, 4) is 0 Å². The molecule has 0 spiro atoms. The summed E-state index contributed by atoms with van der Waals surface area (Å²) in [6.07, 6.45) is 1.76. The maximum absolute atomic E-state index is 13.0. The molecule has 1 N–H and O–H groups in total. The molecule has 0 aromatic heterocycles. The fourth-order valence-electron chi connectivity index (χ4n) is 2.28. The van der Waals surface area contributed by atoms with Gasteiger partial charge in [-0.05, 0) is 49.5 Å². The van der Waals surface area contributed by atoms with Crippen LogP contribution < -0.4 is 0 Å². The molecule has 1 aliphatic rings. The number of rotatable bonds is 3. The van der Waals surface area contributed by atoms with Crippen LogP contribution in [0.1, 0.15) is 18.4 Å². The van der Waals surface area contributed by atoms with Crippen LogP contribution in [0.3, 0.4) is 0 Å². The van der Waals surface area contributed by atoms with Gasteiger partial charge in [-0.25, -0.2) is 13.2 Å². The summed E-state index contributed by atoms with van der Waals surface area (Å²) >= 11 is 0. The molecule has 5 heteroatoms. The number of hydrogen-bond donors (Lipinski definition) is 1. The van der Waals surface area contributed by atoms with E-state index in [1.54, 1.807) is 0 Å². The van der Waals surface area contributed by atoms with Gasteiger partial charge in [-0.15, -0.1) is 0 Å². The molecule has 1 aromatic rings. The van der Waals surface area contributed by atoms with Crippen LogP contribution in [-0.4, -0.2) is 29.7 Å². The van der Waals surface area contributed by atoms with Crippen molar-refractivity contribution in [3.05, 3.63) is 35.1 Å². The summed E-state index contributed by atoms with van der Waals surface area (Å²) in [7, 11) is 0. The Kier molecular flexibility index (Phi) is 4.24. The van der Waals surface area contributed by atoms with Crippen LogP contribution >= 0.6 is 0 Å². The molecule has 0 atom stereocenters. The molecule has 18 heavy (non-hydrogen) atoms. The molecule has 0 radical (unpaired) electrons. The second-order valence-corrected chi connectivity index (χ2v) is 4.78. The van der Waals surface area contributed by atoms with Gasteiger partial charge in [0.2, 0.25) is 0 Å². The first-order chi connectivity index (χ1) is 8.60. The minimum Gasteiger partial charge on any atom is -0.396 e. The predicted molar refractivity (Wildman–Crippen MR) is 61.4 cm³/mol. The van der Waals surface area contributed by atoms with Gasteiger partial charge in [0.1, 0.15) is 0 Å². The van der Waals surface area contributed by atoms with Gasteiger partial charge >= 0.3 is 0 Å². The lowest BCUT2D eigenvalue weighted by molar-refractivity contribution is 0.127. The highest BCUT2D eigenvalue weighted by molar-refractivity contribution is 5.19. The Hall–Kier alpha value is -1.07. The normalized spacial score (nSPS) is 18.2. The fourth-order valence-corrected chi connectivity index (χ4v) is 2.28. The molecule has 0 unspecified atom stereocenters. The van der Waals surface area contributed by atoms with E-state index in [9.17, 15) is 13.2 Å². The van der Waals surface area contributed by atoms with Crippen molar-refractivity contribution in [3.63, 3.8) is 0 Å². The molecule has 2 nitrogen and oxygen atoms in total. The van der Waals surface area contributed by atoms with Crippen LogP contribution in [0.2, 0.25) is 0 Å². The van der Waals surface area contributed by atoms with Crippen molar-refractivity contribution in [2.75, 3.05) is 19.7 Å². The maximum Gasteiger partial charge on any atom is 0.194 e. The topological polar surface area (TPSA) is 23.5 Å². The summed E-state index contributed by atoms with van der Waals surface area (Å²) in [4.78, 5) is 2.05. The average Bonchev–Trinajstić information content (AvgIpc) is 2.37. The molecular weight excluding hydrogens is 243 g/mol. The smallest absolute Gasteiger partial charge is 0.194 e. The van der Waals surface area contributed by atoms with Crippen molar-refractivity contribution in [2.24, 2.45) is 5.92 Å². The van der Waals surface area contributed by atoms with Gasteiger partial charge < -0.3 is 5.11 Å². The van der Waals surface area contributed by atoms with E-state index in [4.69, 9.17) is 5.11 Å². The van der Waals surface area contributed by atoms with Crippen molar-refractivity contribution < 1.29 is 18.3 Å². The second-order valence-electron chi connectivity index (χ2n) is 4.78. The third kappa shape index (κ3) is 3.03. The lowest BCUT2D eigenvalue weighted by Crippen LogP contribution is -2.34. The largest absolute Gasteiger partial charge is 0.396 e. The summed E-state index contributed by atoms with van der Waals surface area (Å²) in [6, 6.07) is 2.08. The molecule has 0 saturated carbocycles. The molecular formula is C13H16F3NO. The average molecular weight is 259 g/mol. The number of benzene rings is 1. The molecule has 2 rings (SSSR count). The van der Waals surface area contributed by atoms with Gasteiger partial charge in [-0.3, -0.25) is 4.90 Å². The highest BCUT2D eigenvalue weighted by Crippen LogP contribution is 2.20. The van der Waals surface area contributed by atoms with E-state index in [0.717, 1.165) is 38.1 Å². The third-order valence-electron chi connectivity index (χ3n) is 3.42. The Morgan fingerprint density at radius 1 is 1.11 bits per heavy atom. The van der Waals surface area contributed by atoms with Crippen molar-refractivity contribution in [1.29, 1.82) is 0 Å². The second kappa shape index (κ2) is 5.71. The van der Waals surface area contributed by atoms with E-state index in [1.165, 1.54) is 0 Å². The predicted octanol–water partition coefficient (Wildman–Crippen LogP) is 2.31. The van der Waals surface area contributed by atoms with E-state index >= 15 is 0 Å². The Morgan fingerprint density at radius 3 is 2.17 bits per heavy atom. The Labute approximate surface area is 104 Å². The highest BCUT2D eigenvalue weighted by atomic mass is 19.2. The minimum atomic E-state index is -1.42. The van der Waals surface area contributed by atoms with Crippen LogP contribution in [0.15, 0.2) is 12.1 Å². The molecule has 1 aliphatic heterocycles. The Bertz CT molecular complexity index is 394. The zero-order chi connectivity index (χ0) is 13.1. The number of halogens is 3. The van der Waals surface area contributed by atoms with Crippen molar-refractivity contribution in [1.82, 2.24) is 4.90 Å². The van der Waals surface area contributed by atoms with Gasteiger partial charge in [0, 0.05) is 13.2 Å². The zero-order valence-corrected chi connectivity index (χ0v) is 10.0. The zero-order valence-electron chi connectivity index (χ0n) is 10.0. The van der Waals surface area contributed by atoms with E-state index in [-0.39, 0.29) is 6.61 Å². The molecule has 100 valence electrons. The number of aliphatic hydroxyl groups excluding tert-OH is 1. The van der Waals surface area contributed by atoms with E-state index in [0.29, 0.717) is 18.0 Å². The SMILES string of the molecule is OCC1CCN(Cc2cc(F)c(F)c(F)c2)CC1. The number of hydrogen-bond acceptors (Lipinski definition) is 2. The van der Waals surface area contributed by atoms with Crippen LogP contribution in [-0.2, 0) is 6.54 Å². The van der Waals surface area contributed by atoms with Crippen LogP contribution in [0.25, 0.3) is 0 Å². The lowest BCUT2D eigenvalue weighted by Gasteiger charge is -2.31. The first kappa shape index (κ1) is 13.4. The molecule has 1 saturated heterocycles. The monoisotopic (exact) mass is 259 g/mol. The van der Waals surface area contributed by atoms with Crippen molar-refractivity contribution in [2.45, 2.75) is 19.4 Å². The molecule has 1 aromatic carbocycles. The van der Waals surface area contributed by atoms with Gasteiger partial charge in [0.15, 0.2) is 17.5 Å². The summed E-state index contributed by atoms with van der Waals surface area (Å²) in [5, 5.41) is 9.01. The third-order valence-corrected chi connectivity index (χ3v) is 3.42. The lowest BCUT2D eigenvalue weighted by atomic mass is 9.97. The van der Waals surface area contributed by atoms with Crippen LogP contribution in [0, 0.1) is 23.4 Å². The van der Waals surface area contributed by atoms with Gasteiger partial charge in [0.05, 0.1) is 0 Å². The van der Waals surface area contributed by atoms with Gasteiger partial charge in [0.25, 0.3) is 0 Å². The summed E-state index contributed by atoms with van der Waals surface area (Å²) < 4.78 is 38.9. The Balaban J connectivity index is 1.98. The van der Waals surface area contributed by atoms with Gasteiger partial charge in [-0.1, -0.05) is 0 Å². The highest BCUT2D eigenvalue weighted by Gasteiger charge is 2.19. The maximum atomic E-state index is 13.0. The van der Waals surface area contributed by atoms with Crippen LogP contribution in [0.4, 0.5) is 13.2 Å². The number of nitrogens with zero attached hydrogens (tertiary/aromatic N) is 1. The molecule has 1 heterocycles. The number of piperidine rings is 1. The van der Waals surface area contributed by atoms with E-state index in [1.807, 2.05) is 0 Å². The first-order valence-electron chi connectivity index (χ1n) is 6.06. The molecule has 0 aliphatic carbocycles. The first-order valence-corrected chi connectivity index (χ1v) is 6.06. The molecule has 0 amide bonds. The van der Waals surface area contributed by atoms with E-state index in [2.05, 4.69) is 4.90 Å². The Morgan fingerprint density at radius 2 is 1.67 bits per heavy atom. The summed E-state index contributed by atoms with van der Waals surface area (Å²) in [5.41, 5.74) is 0.439. The summed E-state index contributed by atoms with van der Waals surface area (Å²) in [6.45, 7) is 2.16. The van der Waals surface area contributed by atoms with E-state index < -0.39 is 17.5 Å². The minimum absolute atomic E-state index is 0.188. The molecule has 0 bridgehead atoms. The summed E-state index contributed by atoms with van der Waals surface area (Å²) in [5.74, 6) is -3.38. The van der Waals surface area contributed by atoms with Crippen molar-refractivity contribution >= 4 is 0 Å². The van der Waals surface area contributed by atoms with Gasteiger partial charge in [-0.2, -0.15) is 0 Å². The molecule has 1 fully saturated rings. The van der Waals surface area contributed by atoms with Crippen LogP contribution in [0.5, 0.6) is 0 Å². The standard InChI is InChI=1S/C13H16F3NO/c14-11-5-10(6-12(15)13(11)16)7-17-3-1-9(8-18)2-4-17/h5-6,9,18H,1-4,7-8H2. The number of aliphatic hydroxyl groups is 1. The fraction of sp³-hybridized carbons (Fsp3) is 0.538.